The minimum Gasteiger partial charge on any atom is -0.497 e. The Bertz CT molecular complexity index is 1080. The van der Waals surface area contributed by atoms with Gasteiger partial charge in [0.15, 0.2) is 11.6 Å². The van der Waals surface area contributed by atoms with Crippen LogP contribution in [0, 0.1) is 5.82 Å². The number of amides is 1. The molecule has 0 bridgehead atoms. The minimum absolute atomic E-state index is 0.0518. The first-order valence-electron chi connectivity index (χ1n) is 9.71. The molecule has 0 spiro atoms. The molecule has 9 heteroatoms. The fraction of sp³-hybridized carbons (Fsp3) is 0.318. The Morgan fingerprint density at radius 1 is 1.10 bits per heavy atom. The van der Waals surface area contributed by atoms with Crippen molar-refractivity contribution in [3.05, 3.63) is 53.7 Å². The lowest BCUT2D eigenvalue weighted by molar-refractivity contribution is -0.130. The zero-order valence-electron chi connectivity index (χ0n) is 17.4. The van der Waals surface area contributed by atoms with Gasteiger partial charge >= 0.3 is 0 Å². The van der Waals surface area contributed by atoms with Crippen LogP contribution in [0.25, 0.3) is 11.4 Å². The number of rotatable bonds is 7. The highest BCUT2D eigenvalue weighted by molar-refractivity contribution is 5.79. The number of methoxy groups -OCH3 is 3. The average Bonchev–Trinajstić information content (AvgIpc) is 3.41. The zero-order chi connectivity index (χ0) is 22.0. The molecule has 162 valence electrons. The number of nitrogens with zero attached hydrogens (tertiary/aromatic N) is 3. The Morgan fingerprint density at radius 3 is 2.48 bits per heavy atom. The summed E-state index contributed by atoms with van der Waals surface area (Å²) in [6.45, 7) is 0.231. The maximum atomic E-state index is 14.1. The summed E-state index contributed by atoms with van der Waals surface area (Å²) in [5.74, 6) is 1.51. The van der Waals surface area contributed by atoms with Crippen LogP contribution in [0.2, 0.25) is 0 Å². The maximum absolute atomic E-state index is 14.1. The van der Waals surface area contributed by atoms with Crippen molar-refractivity contribution in [1.29, 1.82) is 0 Å². The topological polar surface area (TPSA) is 86.9 Å². The van der Waals surface area contributed by atoms with Gasteiger partial charge in [0.25, 0.3) is 0 Å². The quantitative estimate of drug-likeness (QED) is 0.567. The summed E-state index contributed by atoms with van der Waals surface area (Å²) in [7, 11) is 4.53. The van der Waals surface area contributed by atoms with E-state index in [1.807, 2.05) is 0 Å². The van der Waals surface area contributed by atoms with Crippen molar-refractivity contribution in [2.75, 3.05) is 21.3 Å². The van der Waals surface area contributed by atoms with Gasteiger partial charge in [-0.3, -0.25) is 4.79 Å². The van der Waals surface area contributed by atoms with E-state index < -0.39 is 5.82 Å². The second-order valence-electron chi connectivity index (χ2n) is 7.10. The molecular formula is C22H22FN3O5. The molecule has 1 atom stereocenters. The Kier molecular flexibility index (Phi) is 5.75. The van der Waals surface area contributed by atoms with Gasteiger partial charge in [0, 0.05) is 24.6 Å². The molecule has 0 radical (unpaired) electrons. The van der Waals surface area contributed by atoms with E-state index in [0.29, 0.717) is 47.2 Å². The maximum Gasteiger partial charge on any atom is 0.249 e. The van der Waals surface area contributed by atoms with E-state index in [9.17, 15) is 9.18 Å². The largest absolute Gasteiger partial charge is 0.497 e. The van der Waals surface area contributed by atoms with Gasteiger partial charge in [-0.15, -0.1) is 0 Å². The van der Waals surface area contributed by atoms with Crippen molar-refractivity contribution < 1.29 is 27.9 Å². The summed E-state index contributed by atoms with van der Waals surface area (Å²) in [6, 6.07) is 9.54. The van der Waals surface area contributed by atoms with Crippen LogP contribution in [0.4, 0.5) is 4.39 Å². The van der Waals surface area contributed by atoms with Gasteiger partial charge in [-0.05, 0) is 36.2 Å². The molecule has 2 aromatic carbocycles. The third-order valence-electron chi connectivity index (χ3n) is 5.23. The number of halogens is 1. The van der Waals surface area contributed by atoms with Crippen LogP contribution in [-0.2, 0) is 11.3 Å². The fourth-order valence-corrected chi connectivity index (χ4v) is 3.62. The van der Waals surface area contributed by atoms with Crippen LogP contribution in [-0.4, -0.2) is 42.3 Å². The number of aromatic nitrogens is 2. The molecule has 31 heavy (non-hydrogen) atoms. The second kappa shape index (κ2) is 8.63. The summed E-state index contributed by atoms with van der Waals surface area (Å²) in [6.07, 6.45) is 0.897. The third-order valence-corrected chi connectivity index (χ3v) is 5.23. The first-order chi connectivity index (χ1) is 15.0. The van der Waals surface area contributed by atoms with Gasteiger partial charge < -0.3 is 23.6 Å². The molecule has 0 saturated carbocycles. The molecule has 1 aromatic heterocycles. The molecule has 1 aliphatic rings. The predicted octanol–water partition coefficient (Wildman–Crippen LogP) is 3.77. The first kappa shape index (κ1) is 20.6. The lowest BCUT2D eigenvalue weighted by Crippen LogP contribution is -2.27. The predicted molar refractivity (Wildman–Crippen MR) is 108 cm³/mol. The van der Waals surface area contributed by atoms with Crippen molar-refractivity contribution in [3.63, 3.8) is 0 Å². The van der Waals surface area contributed by atoms with E-state index in [4.69, 9.17) is 18.7 Å². The van der Waals surface area contributed by atoms with Crippen LogP contribution in [0.15, 0.2) is 40.9 Å². The number of ether oxygens (including phenoxy) is 3. The summed E-state index contributed by atoms with van der Waals surface area (Å²) < 4.78 is 35.1. The summed E-state index contributed by atoms with van der Waals surface area (Å²) in [5.41, 5.74) is 1.31. The van der Waals surface area contributed by atoms with Gasteiger partial charge in [-0.1, -0.05) is 11.2 Å². The number of hydrogen-bond acceptors (Lipinski definition) is 7. The molecular weight excluding hydrogens is 405 g/mol. The van der Waals surface area contributed by atoms with Crippen molar-refractivity contribution in [2.45, 2.75) is 25.4 Å². The third kappa shape index (κ3) is 4.16. The number of hydrogen-bond donors (Lipinski definition) is 0. The van der Waals surface area contributed by atoms with Crippen LogP contribution in [0.1, 0.15) is 30.3 Å². The lowest BCUT2D eigenvalue weighted by atomic mass is 10.1. The first-order valence-corrected chi connectivity index (χ1v) is 9.71. The van der Waals surface area contributed by atoms with E-state index >= 15 is 0 Å². The molecule has 1 aliphatic heterocycles. The van der Waals surface area contributed by atoms with Crippen LogP contribution >= 0.6 is 0 Å². The highest BCUT2D eigenvalue weighted by atomic mass is 19.1. The van der Waals surface area contributed by atoms with Gasteiger partial charge in [-0.2, -0.15) is 4.98 Å². The number of carbonyl (C=O) groups excluding carboxylic acids is 1. The van der Waals surface area contributed by atoms with Crippen molar-refractivity contribution in [2.24, 2.45) is 0 Å². The highest BCUT2D eigenvalue weighted by Crippen LogP contribution is 2.35. The van der Waals surface area contributed by atoms with Crippen LogP contribution in [0.3, 0.4) is 0 Å². The van der Waals surface area contributed by atoms with E-state index in [-0.39, 0.29) is 24.2 Å². The molecule has 1 amide bonds. The van der Waals surface area contributed by atoms with Crippen LogP contribution < -0.4 is 14.2 Å². The number of benzene rings is 2. The molecule has 0 N–H and O–H groups in total. The Balaban J connectivity index is 1.59. The Hall–Kier alpha value is -3.62. The van der Waals surface area contributed by atoms with Gasteiger partial charge in [-0.25, -0.2) is 4.39 Å². The second-order valence-corrected chi connectivity index (χ2v) is 7.10. The molecule has 2 heterocycles. The van der Waals surface area contributed by atoms with E-state index in [0.717, 1.165) is 0 Å². The monoisotopic (exact) mass is 427 g/mol. The highest BCUT2D eigenvalue weighted by Gasteiger charge is 2.36. The van der Waals surface area contributed by atoms with Crippen LogP contribution in [0.5, 0.6) is 17.2 Å². The summed E-state index contributed by atoms with van der Waals surface area (Å²) in [4.78, 5) is 18.6. The standard InChI is InChI=1S/C22H22FN3O5/c1-28-15-9-14(10-16(11-15)29-2)21-24-22(31-25-21)18-5-7-20(27)26(18)12-13-4-6-19(30-3)17(23)8-13/h4,6,8-11,18H,5,7,12H2,1-3H3. The SMILES string of the molecule is COc1cc(OC)cc(-c2noc(C3CCC(=O)N3Cc3ccc(OC)c(F)c3)n2)c1. The van der Waals surface area contributed by atoms with E-state index in [1.54, 1.807) is 49.5 Å². The average molecular weight is 427 g/mol. The number of likely N-dealkylation sites (tertiary alicyclic amines) is 1. The Morgan fingerprint density at radius 2 is 1.84 bits per heavy atom. The fourth-order valence-electron chi connectivity index (χ4n) is 3.62. The van der Waals surface area contributed by atoms with E-state index in [1.165, 1.54) is 13.2 Å². The zero-order valence-corrected chi connectivity index (χ0v) is 17.4. The molecule has 1 saturated heterocycles. The smallest absolute Gasteiger partial charge is 0.249 e. The van der Waals surface area contributed by atoms with Gasteiger partial charge in [0.2, 0.25) is 17.6 Å². The van der Waals surface area contributed by atoms with Crippen molar-refractivity contribution in [3.8, 4) is 28.6 Å². The van der Waals surface area contributed by atoms with Gasteiger partial charge in [0.05, 0.1) is 21.3 Å². The van der Waals surface area contributed by atoms with Gasteiger partial charge in [0.1, 0.15) is 17.5 Å². The molecule has 1 unspecified atom stereocenters. The Labute approximate surface area is 178 Å². The molecule has 1 fully saturated rings. The molecule has 0 aliphatic carbocycles. The molecule has 3 aromatic rings. The number of carbonyl (C=O) groups is 1. The minimum atomic E-state index is -0.477. The normalized spacial score (nSPS) is 15.9. The van der Waals surface area contributed by atoms with E-state index in [2.05, 4.69) is 10.1 Å². The van der Waals surface area contributed by atoms with Crippen molar-refractivity contribution in [1.82, 2.24) is 15.0 Å². The molecule has 8 nitrogen and oxygen atoms in total. The lowest BCUT2D eigenvalue weighted by Gasteiger charge is -2.22. The molecule has 4 rings (SSSR count). The summed E-state index contributed by atoms with van der Waals surface area (Å²) in [5, 5.41) is 4.07. The summed E-state index contributed by atoms with van der Waals surface area (Å²) >= 11 is 0. The van der Waals surface area contributed by atoms with Crippen molar-refractivity contribution >= 4 is 5.91 Å².